The van der Waals surface area contributed by atoms with E-state index in [1.54, 1.807) is 6.20 Å². The fraction of sp³-hybridized carbons (Fsp3) is 0.706. The van der Waals surface area contributed by atoms with Gasteiger partial charge < -0.3 is 9.57 Å². The molecular formula is C17H25NO3. The predicted molar refractivity (Wildman–Crippen MR) is 81.7 cm³/mol. The van der Waals surface area contributed by atoms with E-state index in [1.165, 1.54) is 11.8 Å². The van der Waals surface area contributed by atoms with Gasteiger partial charge in [0.2, 0.25) is 0 Å². The van der Waals surface area contributed by atoms with E-state index in [0.717, 1.165) is 24.2 Å². The molecule has 1 aliphatic carbocycles. The van der Waals surface area contributed by atoms with Crippen LogP contribution in [0.3, 0.4) is 0 Å². The standard InChI is InChI=1S/C17H25NO3/c1-10-8-11(2)15-14-13(6-7-18(20-5)16(14)19)21-12(3)17(15,4)9-10/h6-7,10-12,15H,8-9H2,1-5H3/t10-,11+,12-,15+,17-/m1/s1. The molecule has 0 bridgehead atoms. The number of aromatic nitrogens is 1. The van der Waals surface area contributed by atoms with Gasteiger partial charge in [-0.1, -0.05) is 20.8 Å². The minimum absolute atomic E-state index is 0.0101. The third-order valence-corrected chi connectivity index (χ3v) is 5.64. The van der Waals surface area contributed by atoms with Crippen LogP contribution in [-0.4, -0.2) is 17.9 Å². The highest BCUT2D eigenvalue weighted by Gasteiger charge is 2.52. The van der Waals surface area contributed by atoms with Crippen molar-refractivity contribution in [2.45, 2.75) is 52.6 Å². The van der Waals surface area contributed by atoms with Gasteiger partial charge in [0.05, 0.1) is 11.8 Å². The number of nitrogens with zero attached hydrogens (tertiary/aromatic N) is 1. The summed E-state index contributed by atoms with van der Waals surface area (Å²) in [7, 11) is 1.52. The SMILES string of the molecule is COn1ccc2c(c1=O)[C@@H]1[C@@H](C)C[C@@H](C)C[C@]1(C)[C@@H](C)O2. The van der Waals surface area contributed by atoms with E-state index >= 15 is 0 Å². The van der Waals surface area contributed by atoms with Gasteiger partial charge in [0, 0.05) is 17.4 Å². The lowest BCUT2D eigenvalue weighted by Gasteiger charge is -2.53. The number of rotatable bonds is 1. The highest BCUT2D eigenvalue weighted by atomic mass is 16.6. The molecular weight excluding hydrogens is 266 g/mol. The van der Waals surface area contributed by atoms with Gasteiger partial charge in [-0.05, 0) is 31.6 Å². The minimum atomic E-state index is -0.0699. The largest absolute Gasteiger partial charge is 0.490 e. The van der Waals surface area contributed by atoms with E-state index < -0.39 is 0 Å². The quantitative estimate of drug-likeness (QED) is 0.799. The van der Waals surface area contributed by atoms with Gasteiger partial charge in [0.15, 0.2) is 0 Å². The van der Waals surface area contributed by atoms with Crippen LogP contribution in [0.15, 0.2) is 17.1 Å². The summed E-state index contributed by atoms with van der Waals surface area (Å²) in [6, 6.07) is 1.86. The lowest BCUT2D eigenvalue weighted by Crippen LogP contribution is -2.52. The molecule has 5 atom stereocenters. The second-order valence-electron chi connectivity index (χ2n) is 7.17. The van der Waals surface area contributed by atoms with Crippen molar-refractivity contribution < 1.29 is 9.57 Å². The smallest absolute Gasteiger partial charge is 0.290 e. The Labute approximate surface area is 126 Å². The summed E-state index contributed by atoms with van der Waals surface area (Å²) in [6.07, 6.45) is 4.03. The summed E-state index contributed by atoms with van der Waals surface area (Å²) in [5.41, 5.74) is 0.745. The summed E-state index contributed by atoms with van der Waals surface area (Å²) >= 11 is 0. The van der Waals surface area contributed by atoms with Crippen LogP contribution in [-0.2, 0) is 0 Å². The molecule has 3 rings (SSSR count). The van der Waals surface area contributed by atoms with Gasteiger partial charge >= 0.3 is 0 Å². The third-order valence-electron chi connectivity index (χ3n) is 5.64. The second kappa shape index (κ2) is 4.79. The van der Waals surface area contributed by atoms with Crippen molar-refractivity contribution in [2.24, 2.45) is 17.3 Å². The Morgan fingerprint density at radius 3 is 2.76 bits per heavy atom. The van der Waals surface area contributed by atoms with Crippen molar-refractivity contribution in [3.05, 3.63) is 28.2 Å². The maximum absolute atomic E-state index is 12.7. The van der Waals surface area contributed by atoms with E-state index in [9.17, 15) is 4.79 Å². The van der Waals surface area contributed by atoms with Crippen LogP contribution in [0.5, 0.6) is 5.75 Å². The molecule has 4 nitrogen and oxygen atoms in total. The molecule has 2 heterocycles. The van der Waals surface area contributed by atoms with E-state index in [-0.39, 0.29) is 23.0 Å². The number of hydrogen-bond acceptors (Lipinski definition) is 3. The van der Waals surface area contributed by atoms with E-state index in [1.807, 2.05) is 6.07 Å². The molecule has 1 fully saturated rings. The number of fused-ring (bicyclic) bond motifs is 3. The fourth-order valence-electron chi connectivity index (χ4n) is 4.79. The van der Waals surface area contributed by atoms with E-state index in [4.69, 9.17) is 9.57 Å². The van der Waals surface area contributed by atoms with Gasteiger partial charge in [0.1, 0.15) is 19.0 Å². The molecule has 0 spiro atoms. The van der Waals surface area contributed by atoms with Crippen molar-refractivity contribution in [3.63, 3.8) is 0 Å². The number of ether oxygens (including phenoxy) is 1. The molecule has 0 N–H and O–H groups in total. The molecule has 4 heteroatoms. The molecule has 0 saturated heterocycles. The Kier molecular flexibility index (Phi) is 3.30. The van der Waals surface area contributed by atoms with Crippen LogP contribution in [0, 0.1) is 17.3 Å². The maximum atomic E-state index is 12.7. The average Bonchev–Trinajstić information content (AvgIpc) is 2.40. The highest BCUT2D eigenvalue weighted by molar-refractivity contribution is 5.39. The van der Waals surface area contributed by atoms with Crippen LogP contribution in [0.2, 0.25) is 0 Å². The first-order chi connectivity index (χ1) is 9.88. The third kappa shape index (κ3) is 1.99. The molecule has 0 amide bonds. The van der Waals surface area contributed by atoms with Crippen LogP contribution in [0.4, 0.5) is 0 Å². The first kappa shape index (κ1) is 14.5. The Hall–Kier alpha value is -1.45. The van der Waals surface area contributed by atoms with Crippen molar-refractivity contribution in [2.75, 3.05) is 7.11 Å². The zero-order chi connectivity index (χ0) is 15.4. The van der Waals surface area contributed by atoms with Crippen LogP contribution < -0.4 is 15.1 Å². The lowest BCUT2D eigenvalue weighted by molar-refractivity contribution is -0.0369. The molecule has 0 aromatic carbocycles. The molecule has 0 unspecified atom stereocenters. The minimum Gasteiger partial charge on any atom is -0.490 e. The lowest BCUT2D eigenvalue weighted by atomic mass is 9.55. The molecule has 116 valence electrons. The van der Waals surface area contributed by atoms with Gasteiger partial charge in [-0.3, -0.25) is 4.79 Å². The highest BCUT2D eigenvalue weighted by Crippen LogP contribution is 2.57. The zero-order valence-corrected chi connectivity index (χ0v) is 13.6. The van der Waals surface area contributed by atoms with Crippen LogP contribution in [0.25, 0.3) is 0 Å². The summed E-state index contributed by atoms with van der Waals surface area (Å²) < 4.78 is 7.42. The molecule has 21 heavy (non-hydrogen) atoms. The Bertz CT molecular complexity index is 609. The zero-order valence-electron chi connectivity index (χ0n) is 13.6. The maximum Gasteiger partial charge on any atom is 0.290 e. The van der Waals surface area contributed by atoms with E-state index in [0.29, 0.717) is 11.8 Å². The van der Waals surface area contributed by atoms with Crippen LogP contribution >= 0.6 is 0 Å². The molecule has 1 aromatic heterocycles. The van der Waals surface area contributed by atoms with Crippen LogP contribution in [0.1, 0.15) is 52.0 Å². The van der Waals surface area contributed by atoms with Crippen molar-refractivity contribution in [1.82, 2.24) is 4.73 Å². The summed E-state index contributed by atoms with van der Waals surface area (Å²) in [5, 5.41) is 0. The monoisotopic (exact) mass is 291 g/mol. The Morgan fingerprint density at radius 2 is 2.10 bits per heavy atom. The Morgan fingerprint density at radius 1 is 1.38 bits per heavy atom. The Balaban J connectivity index is 2.21. The van der Waals surface area contributed by atoms with Gasteiger partial charge in [-0.2, -0.15) is 4.73 Å². The number of hydrogen-bond donors (Lipinski definition) is 0. The average molecular weight is 291 g/mol. The first-order valence-electron chi connectivity index (χ1n) is 7.85. The summed E-state index contributed by atoms with van der Waals surface area (Å²) in [5.74, 6) is 2.12. The summed E-state index contributed by atoms with van der Waals surface area (Å²) in [4.78, 5) is 17.9. The van der Waals surface area contributed by atoms with Crippen molar-refractivity contribution in [1.29, 1.82) is 0 Å². The molecule has 1 aromatic rings. The van der Waals surface area contributed by atoms with Crippen molar-refractivity contribution >= 4 is 0 Å². The normalized spacial score (nSPS) is 38.1. The van der Waals surface area contributed by atoms with Gasteiger partial charge in [0.25, 0.3) is 5.56 Å². The second-order valence-corrected chi connectivity index (χ2v) is 7.17. The summed E-state index contributed by atoms with van der Waals surface area (Å²) in [6.45, 7) is 8.99. The first-order valence-corrected chi connectivity index (χ1v) is 7.85. The molecule has 1 saturated carbocycles. The number of pyridine rings is 1. The van der Waals surface area contributed by atoms with E-state index in [2.05, 4.69) is 27.7 Å². The predicted octanol–water partition coefficient (Wildman–Crippen LogP) is 2.84. The topological polar surface area (TPSA) is 40.5 Å². The molecule has 0 radical (unpaired) electrons. The van der Waals surface area contributed by atoms with Crippen molar-refractivity contribution in [3.8, 4) is 5.75 Å². The molecule has 2 aliphatic rings. The fourth-order valence-corrected chi connectivity index (χ4v) is 4.79. The van der Waals surface area contributed by atoms with Gasteiger partial charge in [-0.25, -0.2) is 0 Å². The molecule has 1 aliphatic heterocycles. The van der Waals surface area contributed by atoms with Gasteiger partial charge in [-0.15, -0.1) is 0 Å².